The van der Waals surface area contributed by atoms with Crippen LogP contribution in [-0.2, 0) is 6.54 Å². The lowest BCUT2D eigenvalue weighted by molar-refractivity contribution is 0.242. The Kier molecular flexibility index (Phi) is 6.73. The first-order valence-electron chi connectivity index (χ1n) is 6.96. The van der Waals surface area contributed by atoms with Crippen LogP contribution in [0.25, 0.3) is 0 Å². The van der Waals surface area contributed by atoms with Gasteiger partial charge in [0.2, 0.25) is 5.88 Å². The van der Waals surface area contributed by atoms with Crippen molar-refractivity contribution in [1.82, 2.24) is 10.3 Å². The molecule has 0 saturated heterocycles. The zero-order valence-corrected chi connectivity index (χ0v) is 12.1. The predicted molar refractivity (Wildman–Crippen MR) is 75.9 cm³/mol. The molecule has 3 nitrogen and oxygen atoms in total. The van der Waals surface area contributed by atoms with Gasteiger partial charge in [-0.1, -0.05) is 27.2 Å². The third kappa shape index (κ3) is 5.50. The molecule has 1 heterocycles. The first-order valence-corrected chi connectivity index (χ1v) is 6.96. The molecule has 1 aromatic heterocycles. The summed E-state index contributed by atoms with van der Waals surface area (Å²) in [5, 5.41) is 3.32. The SMILES string of the molecule is CCCC(C)COc1cc(CNCC)cc(C)n1. The maximum Gasteiger partial charge on any atom is 0.213 e. The van der Waals surface area contributed by atoms with Crippen molar-refractivity contribution in [1.29, 1.82) is 0 Å². The first-order chi connectivity index (χ1) is 8.65. The van der Waals surface area contributed by atoms with E-state index in [4.69, 9.17) is 4.74 Å². The molecule has 1 atom stereocenters. The largest absolute Gasteiger partial charge is 0.477 e. The molecule has 0 spiro atoms. The van der Waals surface area contributed by atoms with Gasteiger partial charge in [-0.15, -0.1) is 0 Å². The van der Waals surface area contributed by atoms with Crippen LogP contribution in [0.15, 0.2) is 12.1 Å². The summed E-state index contributed by atoms with van der Waals surface area (Å²) in [5.74, 6) is 1.35. The number of rotatable bonds is 8. The van der Waals surface area contributed by atoms with E-state index >= 15 is 0 Å². The van der Waals surface area contributed by atoms with E-state index in [0.29, 0.717) is 5.92 Å². The summed E-state index contributed by atoms with van der Waals surface area (Å²) in [4.78, 5) is 4.42. The zero-order valence-electron chi connectivity index (χ0n) is 12.1. The molecular weight excluding hydrogens is 224 g/mol. The van der Waals surface area contributed by atoms with Crippen molar-refractivity contribution in [2.45, 2.75) is 47.1 Å². The van der Waals surface area contributed by atoms with Gasteiger partial charge in [-0.2, -0.15) is 0 Å². The molecule has 0 bridgehead atoms. The van der Waals surface area contributed by atoms with Gasteiger partial charge < -0.3 is 10.1 Å². The number of aromatic nitrogens is 1. The van der Waals surface area contributed by atoms with E-state index in [-0.39, 0.29) is 0 Å². The van der Waals surface area contributed by atoms with Crippen LogP contribution in [0, 0.1) is 12.8 Å². The first kappa shape index (κ1) is 15.0. The molecule has 3 heteroatoms. The third-order valence-corrected chi connectivity index (χ3v) is 2.87. The number of hydrogen-bond acceptors (Lipinski definition) is 3. The van der Waals surface area contributed by atoms with Gasteiger partial charge in [0, 0.05) is 18.3 Å². The summed E-state index contributed by atoms with van der Waals surface area (Å²) in [5.41, 5.74) is 2.26. The highest BCUT2D eigenvalue weighted by Crippen LogP contribution is 2.14. The van der Waals surface area contributed by atoms with Crippen LogP contribution in [0.2, 0.25) is 0 Å². The van der Waals surface area contributed by atoms with Gasteiger partial charge in [-0.25, -0.2) is 4.98 Å². The van der Waals surface area contributed by atoms with Crippen LogP contribution in [0.1, 0.15) is 44.9 Å². The molecule has 0 aliphatic carbocycles. The highest BCUT2D eigenvalue weighted by atomic mass is 16.5. The average Bonchev–Trinajstić information content (AvgIpc) is 2.34. The molecule has 18 heavy (non-hydrogen) atoms. The van der Waals surface area contributed by atoms with E-state index in [9.17, 15) is 0 Å². The van der Waals surface area contributed by atoms with E-state index in [1.165, 1.54) is 18.4 Å². The maximum atomic E-state index is 5.78. The fourth-order valence-electron chi connectivity index (χ4n) is 1.96. The van der Waals surface area contributed by atoms with Crippen molar-refractivity contribution in [2.75, 3.05) is 13.2 Å². The highest BCUT2D eigenvalue weighted by molar-refractivity contribution is 5.24. The van der Waals surface area contributed by atoms with Crippen molar-refractivity contribution in [3.63, 3.8) is 0 Å². The second kappa shape index (κ2) is 8.09. The molecule has 1 N–H and O–H groups in total. The molecule has 0 radical (unpaired) electrons. The zero-order chi connectivity index (χ0) is 13.4. The molecule has 0 aliphatic rings. The van der Waals surface area contributed by atoms with Gasteiger partial charge >= 0.3 is 0 Å². The lowest BCUT2D eigenvalue weighted by atomic mass is 10.1. The van der Waals surface area contributed by atoms with Gasteiger partial charge in [0.25, 0.3) is 0 Å². The van der Waals surface area contributed by atoms with Crippen LogP contribution in [0.5, 0.6) is 5.88 Å². The summed E-state index contributed by atoms with van der Waals surface area (Å²) in [6, 6.07) is 4.14. The fraction of sp³-hybridized carbons (Fsp3) is 0.667. The molecule has 0 saturated carbocycles. The van der Waals surface area contributed by atoms with Gasteiger partial charge in [0.15, 0.2) is 0 Å². The monoisotopic (exact) mass is 250 g/mol. The van der Waals surface area contributed by atoms with Crippen LogP contribution in [-0.4, -0.2) is 18.1 Å². The Bertz CT molecular complexity index is 352. The molecule has 1 aromatic rings. The molecule has 102 valence electrons. The van der Waals surface area contributed by atoms with Crippen LogP contribution in [0.3, 0.4) is 0 Å². The molecule has 1 rings (SSSR count). The lowest BCUT2D eigenvalue weighted by Gasteiger charge is -2.13. The summed E-state index contributed by atoms with van der Waals surface area (Å²) in [7, 11) is 0. The summed E-state index contributed by atoms with van der Waals surface area (Å²) in [6.45, 7) is 11.2. The second-order valence-corrected chi connectivity index (χ2v) is 4.94. The van der Waals surface area contributed by atoms with E-state index in [2.05, 4.69) is 37.1 Å². The third-order valence-electron chi connectivity index (χ3n) is 2.87. The summed E-state index contributed by atoms with van der Waals surface area (Å²) < 4.78 is 5.78. The smallest absolute Gasteiger partial charge is 0.213 e. The molecule has 0 aliphatic heterocycles. The number of nitrogens with one attached hydrogen (secondary N) is 1. The number of hydrogen-bond donors (Lipinski definition) is 1. The molecule has 0 aromatic carbocycles. The average molecular weight is 250 g/mol. The normalized spacial score (nSPS) is 12.4. The lowest BCUT2D eigenvalue weighted by Crippen LogP contribution is -2.13. The summed E-state index contributed by atoms with van der Waals surface area (Å²) in [6.07, 6.45) is 2.41. The molecule has 1 unspecified atom stereocenters. The van der Waals surface area contributed by atoms with E-state index < -0.39 is 0 Å². The Balaban J connectivity index is 2.56. The van der Waals surface area contributed by atoms with Gasteiger partial charge in [0.1, 0.15) is 0 Å². The number of ether oxygens (including phenoxy) is 1. The van der Waals surface area contributed by atoms with Gasteiger partial charge in [-0.3, -0.25) is 0 Å². The summed E-state index contributed by atoms with van der Waals surface area (Å²) >= 11 is 0. The quantitative estimate of drug-likeness (QED) is 0.768. The van der Waals surface area contributed by atoms with Crippen molar-refractivity contribution in [3.8, 4) is 5.88 Å². The predicted octanol–water partition coefficient (Wildman–Crippen LogP) is 3.31. The standard InChI is InChI=1S/C15H26N2O/c1-5-7-12(3)11-18-15-9-14(10-16-6-2)8-13(4)17-15/h8-9,12,16H,5-7,10-11H2,1-4H3. The van der Waals surface area contributed by atoms with Gasteiger partial charge in [0.05, 0.1) is 6.61 Å². The maximum absolute atomic E-state index is 5.78. The molecule has 0 amide bonds. The van der Waals surface area contributed by atoms with Crippen molar-refractivity contribution in [3.05, 3.63) is 23.4 Å². The van der Waals surface area contributed by atoms with E-state index in [1.54, 1.807) is 0 Å². The second-order valence-electron chi connectivity index (χ2n) is 4.94. The van der Waals surface area contributed by atoms with Crippen LogP contribution in [0.4, 0.5) is 0 Å². The topological polar surface area (TPSA) is 34.1 Å². The number of nitrogens with zero attached hydrogens (tertiary/aromatic N) is 1. The van der Waals surface area contributed by atoms with E-state index in [0.717, 1.165) is 31.3 Å². The Morgan fingerprint density at radius 1 is 1.33 bits per heavy atom. The van der Waals surface area contributed by atoms with Crippen molar-refractivity contribution >= 4 is 0 Å². The Labute approximate surface area is 111 Å². The van der Waals surface area contributed by atoms with Crippen molar-refractivity contribution < 1.29 is 4.74 Å². The number of pyridine rings is 1. The van der Waals surface area contributed by atoms with Gasteiger partial charge in [-0.05, 0) is 37.4 Å². The molecule has 0 fully saturated rings. The Hall–Kier alpha value is -1.09. The fourth-order valence-corrected chi connectivity index (χ4v) is 1.96. The van der Waals surface area contributed by atoms with E-state index in [1.807, 2.05) is 13.0 Å². The highest BCUT2D eigenvalue weighted by Gasteiger charge is 2.05. The minimum atomic E-state index is 0.592. The Morgan fingerprint density at radius 2 is 2.11 bits per heavy atom. The molecular formula is C15H26N2O. The Morgan fingerprint density at radius 3 is 2.78 bits per heavy atom. The van der Waals surface area contributed by atoms with Crippen LogP contribution >= 0.6 is 0 Å². The minimum Gasteiger partial charge on any atom is -0.477 e. The van der Waals surface area contributed by atoms with Crippen LogP contribution < -0.4 is 10.1 Å². The minimum absolute atomic E-state index is 0.592. The number of aryl methyl sites for hydroxylation is 1. The van der Waals surface area contributed by atoms with Crippen molar-refractivity contribution in [2.24, 2.45) is 5.92 Å².